The third-order valence-electron chi connectivity index (χ3n) is 3.52. The van der Waals surface area contributed by atoms with E-state index in [0.717, 1.165) is 12.5 Å². The van der Waals surface area contributed by atoms with Crippen molar-refractivity contribution in [2.75, 3.05) is 6.61 Å². The van der Waals surface area contributed by atoms with Crippen molar-refractivity contribution in [1.82, 2.24) is 0 Å². The van der Waals surface area contributed by atoms with E-state index in [4.69, 9.17) is 4.74 Å². The monoisotopic (exact) mass is 218 g/mol. The van der Waals surface area contributed by atoms with E-state index in [1.165, 1.54) is 36.8 Å². The Morgan fingerprint density at radius 3 is 2.50 bits per heavy atom. The van der Waals surface area contributed by atoms with Crippen molar-refractivity contribution < 1.29 is 4.74 Å². The van der Waals surface area contributed by atoms with Gasteiger partial charge in [0.25, 0.3) is 0 Å². The standard InChI is InChI=1S/C15H22O/c1-3-4-13-7-10-15(16-11-13)14-8-5-12(2)6-9-14/h5-6,8-9,13,15H,3-4,7,10-11H2,1-2H3. The van der Waals surface area contributed by atoms with Crippen LogP contribution in [0.4, 0.5) is 0 Å². The third kappa shape index (κ3) is 2.85. The molecule has 0 radical (unpaired) electrons. The van der Waals surface area contributed by atoms with E-state index in [-0.39, 0.29) is 0 Å². The van der Waals surface area contributed by atoms with Crippen molar-refractivity contribution in [3.8, 4) is 0 Å². The molecule has 1 heteroatoms. The minimum absolute atomic E-state index is 0.341. The first-order valence-electron chi connectivity index (χ1n) is 6.47. The van der Waals surface area contributed by atoms with Gasteiger partial charge in [-0.15, -0.1) is 0 Å². The van der Waals surface area contributed by atoms with Gasteiger partial charge in [-0.3, -0.25) is 0 Å². The Balaban J connectivity index is 1.91. The lowest BCUT2D eigenvalue weighted by Crippen LogP contribution is -2.20. The molecule has 1 aromatic carbocycles. The van der Waals surface area contributed by atoms with Gasteiger partial charge in [0.15, 0.2) is 0 Å². The molecule has 0 saturated carbocycles. The quantitative estimate of drug-likeness (QED) is 0.736. The Kier molecular flexibility index (Phi) is 4.00. The van der Waals surface area contributed by atoms with Crippen LogP contribution in [0.1, 0.15) is 49.8 Å². The summed E-state index contributed by atoms with van der Waals surface area (Å²) in [5.41, 5.74) is 2.67. The lowest BCUT2D eigenvalue weighted by molar-refractivity contribution is -0.0194. The van der Waals surface area contributed by atoms with Crippen LogP contribution in [0.25, 0.3) is 0 Å². The first-order valence-corrected chi connectivity index (χ1v) is 6.47. The molecule has 2 unspecified atom stereocenters. The van der Waals surface area contributed by atoms with Crippen LogP contribution in [0.3, 0.4) is 0 Å². The Hall–Kier alpha value is -0.820. The molecule has 1 heterocycles. The van der Waals surface area contributed by atoms with Crippen LogP contribution in [-0.2, 0) is 4.74 Å². The predicted molar refractivity (Wildman–Crippen MR) is 67.5 cm³/mol. The molecular formula is C15H22O. The number of rotatable bonds is 3. The molecule has 1 aliphatic rings. The zero-order valence-corrected chi connectivity index (χ0v) is 10.4. The van der Waals surface area contributed by atoms with Gasteiger partial charge < -0.3 is 4.74 Å². The molecule has 2 rings (SSSR count). The molecule has 0 aliphatic carbocycles. The fourth-order valence-electron chi connectivity index (χ4n) is 2.49. The maximum absolute atomic E-state index is 5.97. The van der Waals surface area contributed by atoms with Gasteiger partial charge in [0.1, 0.15) is 0 Å². The summed E-state index contributed by atoms with van der Waals surface area (Å²) in [5.74, 6) is 0.798. The molecule has 0 amide bonds. The van der Waals surface area contributed by atoms with Gasteiger partial charge in [-0.2, -0.15) is 0 Å². The minimum Gasteiger partial charge on any atom is -0.373 e. The predicted octanol–water partition coefficient (Wildman–Crippen LogP) is 4.26. The number of ether oxygens (including phenoxy) is 1. The molecule has 1 fully saturated rings. The number of hydrogen-bond donors (Lipinski definition) is 0. The van der Waals surface area contributed by atoms with Crippen LogP contribution in [0.15, 0.2) is 24.3 Å². The molecule has 1 aromatic rings. The number of aryl methyl sites for hydroxylation is 1. The summed E-state index contributed by atoms with van der Waals surface area (Å²) < 4.78 is 5.97. The normalized spacial score (nSPS) is 25.6. The smallest absolute Gasteiger partial charge is 0.0825 e. The molecule has 0 bridgehead atoms. The lowest BCUT2D eigenvalue weighted by Gasteiger charge is -2.29. The van der Waals surface area contributed by atoms with Crippen molar-refractivity contribution in [3.63, 3.8) is 0 Å². The highest BCUT2D eigenvalue weighted by molar-refractivity contribution is 5.23. The van der Waals surface area contributed by atoms with Gasteiger partial charge in [-0.05, 0) is 37.7 Å². The van der Waals surface area contributed by atoms with Gasteiger partial charge in [0, 0.05) is 0 Å². The van der Waals surface area contributed by atoms with E-state index in [1.54, 1.807) is 0 Å². The third-order valence-corrected chi connectivity index (χ3v) is 3.52. The van der Waals surface area contributed by atoms with Crippen molar-refractivity contribution >= 4 is 0 Å². The molecule has 1 aliphatic heterocycles. The van der Waals surface area contributed by atoms with E-state index >= 15 is 0 Å². The van der Waals surface area contributed by atoms with Gasteiger partial charge in [-0.1, -0.05) is 43.2 Å². The van der Waals surface area contributed by atoms with Gasteiger partial charge in [0.2, 0.25) is 0 Å². The zero-order valence-electron chi connectivity index (χ0n) is 10.4. The Morgan fingerprint density at radius 1 is 1.19 bits per heavy atom. The second kappa shape index (κ2) is 5.49. The van der Waals surface area contributed by atoms with Crippen LogP contribution in [-0.4, -0.2) is 6.61 Å². The summed E-state index contributed by atoms with van der Waals surface area (Å²) in [5, 5.41) is 0. The molecular weight excluding hydrogens is 196 g/mol. The van der Waals surface area contributed by atoms with Crippen molar-refractivity contribution in [1.29, 1.82) is 0 Å². The second-order valence-electron chi connectivity index (χ2n) is 4.96. The van der Waals surface area contributed by atoms with Crippen LogP contribution < -0.4 is 0 Å². The fraction of sp³-hybridized carbons (Fsp3) is 0.600. The van der Waals surface area contributed by atoms with E-state index in [1.807, 2.05) is 0 Å². The highest BCUT2D eigenvalue weighted by Crippen LogP contribution is 2.32. The van der Waals surface area contributed by atoms with E-state index in [2.05, 4.69) is 38.1 Å². The molecule has 0 aromatic heterocycles. The highest BCUT2D eigenvalue weighted by Gasteiger charge is 2.21. The lowest BCUT2D eigenvalue weighted by atomic mass is 9.92. The summed E-state index contributed by atoms with van der Waals surface area (Å²) in [7, 11) is 0. The first-order chi connectivity index (χ1) is 7.79. The Bertz CT molecular complexity index is 307. The largest absolute Gasteiger partial charge is 0.373 e. The van der Waals surface area contributed by atoms with Gasteiger partial charge in [-0.25, -0.2) is 0 Å². The summed E-state index contributed by atoms with van der Waals surface area (Å²) >= 11 is 0. The molecule has 88 valence electrons. The Morgan fingerprint density at radius 2 is 1.94 bits per heavy atom. The second-order valence-corrected chi connectivity index (χ2v) is 4.96. The maximum Gasteiger partial charge on any atom is 0.0825 e. The Labute approximate surface area is 98.8 Å². The summed E-state index contributed by atoms with van der Waals surface area (Å²) in [6.07, 6.45) is 5.46. The average molecular weight is 218 g/mol. The van der Waals surface area contributed by atoms with Crippen LogP contribution in [0.2, 0.25) is 0 Å². The van der Waals surface area contributed by atoms with Crippen molar-refractivity contribution in [2.45, 2.75) is 45.6 Å². The van der Waals surface area contributed by atoms with Crippen LogP contribution in [0.5, 0.6) is 0 Å². The number of benzene rings is 1. The SMILES string of the molecule is CCCC1CCC(c2ccc(C)cc2)OC1. The fourth-order valence-corrected chi connectivity index (χ4v) is 2.49. The molecule has 2 atom stereocenters. The van der Waals surface area contributed by atoms with E-state index in [0.29, 0.717) is 6.10 Å². The molecule has 16 heavy (non-hydrogen) atoms. The van der Waals surface area contributed by atoms with Gasteiger partial charge in [0.05, 0.1) is 12.7 Å². The summed E-state index contributed by atoms with van der Waals surface area (Å²) in [6.45, 7) is 5.33. The van der Waals surface area contributed by atoms with Crippen LogP contribution >= 0.6 is 0 Å². The van der Waals surface area contributed by atoms with Crippen molar-refractivity contribution in [3.05, 3.63) is 35.4 Å². The summed E-state index contributed by atoms with van der Waals surface area (Å²) in [4.78, 5) is 0. The minimum atomic E-state index is 0.341. The maximum atomic E-state index is 5.97. The van der Waals surface area contributed by atoms with Crippen LogP contribution in [0, 0.1) is 12.8 Å². The summed E-state index contributed by atoms with van der Waals surface area (Å²) in [6, 6.07) is 8.77. The molecule has 0 spiro atoms. The van der Waals surface area contributed by atoms with E-state index in [9.17, 15) is 0 Å². The molecule has 0 N–H and O–H groups in total. The van der Waals surface area contributed by atoms with Gasteiger partial charge >= 0.3 is 0 Å². The first kappa shape index (κ1) is 11.7. The zero-order chi connectivity index (χ0) is 11.4. The highest BCUT2D eigenvalue weighted by atomic mass is 16.5. The van der Waals surface area contributed by atoms with Crippen molar-refractivity contribution in [2.24, 2.45) is 5.92 Å². The topological polar surface area (TPSA) is 9.23 Å². The molecule has 1 nitrogen and oxygen atoms in total. The van der Waals surface area contributed by atoms with E-state index < -0.39 is 0 Å². The molecule has 1 saturated heterocycles. The average Bonchev–Trinajstić information content (AvgIpc) is 2.32. The number of hydrogen-bond acceptors (Lipinski definition) is 1.